The Bertz CT molecular complexity index is 1110. The standard InChI is InChI=1S/C18H14F3N5O3S2/c19-18(20,21)10-2-1-3-11(6-10)22-14(27)8-30-17-25-24-16(31-17)23-15(28)12-7-13(29-26-12)9-4-5-9/h1-3,6-7,9H,4-5,8H2,(H,22,27)(H,23,24,28). The molecule has 2 aromatic heterocycles. The second kappa shape index (κ2) is 8.67. The van der Waals surface area contributed by atoms with E-state index in [0.717, 1.165) is 48.1 Å². The molecule has 1 aromatic carbocycles. The highest BCUT2D eigenvalue weighted by Crippen LogP contribution is 2.40. The van der Waals surface area contributed by atoms with Crippen LogP contribution >= 0.6 is 23.1 Å². The lowest BCUT2D eigenvalue weighted by Gasteiger charge is -2.09. The Hall–Kier alpha value is -2.93. The van der Waals surface area contributed by atoms with Crippen molar-refractivity contribution in [2.24, 2.45) is 0 Å². The third-order valence-electron chi connectivity index (χ3n) is 4.17. The smallest absolute Gasteiger partial charge is 0.360 e. The van der Waals surface area contributed by atoms with Gasteiger partial charge in [-0.1, -0.05) is 34.3 Å². The number of thioether (sulfide) groups is 1. The molecule has 0 spiro atoms. The molecule has 2 N–H and O–H groups in total. The van der Waals surface area contributed by atoms with Crippen LogP contribution in [0.2, 0.25) is 0 Å². The first-order chi connectivity index (χ1) is 14.8. The van der Waals surface area contributed by atoms with Gasteiger partial charge in [0.1, 0.15) is 5.76 Å². The average molecular weight is 469 g/mol. The van der Waals surface area contributed by atoms with Crippen LogP contribution in [0.4, 0.5) is 24.0 Å². The van der Waals surface area contributed by atoms with E-state index in [9.17, 15) is 22.8 Å². The number of halogens is 3. The lowest BCUT2D eigenvalue weighted by atomic mass is 10.2. The minimum absolute atomic E-state index is 0.0452. The molecule has 1 fully saturated rings. The summed E-state index contributed by atoms with van der Waals surface area (Å²) < 4.78 is 43.8. The van der Waals surface area contributed by atoms with Gasteiger partial charge in [0.2, 0.25) is 11.0 Å². The largest absolute Gasteiger partial charge is 0.416 e. The zero-order valence-electron chi connectivity index (χ0n) is 15.6. The highest BCUT2D eigenvalue weighted by molar-refractivity contribution is 8.01. The van der Waals surface area contributed by atoms with E-state index in [1.54, 1.807) is 6.07 Å². The fourth-order valence-electron chi connectivity index (χ4n) is 2.53. The first-order valence-electron chi connectivity index (χ1n) is 8.99. The molecule has 1 aliphatic rings. The Morgan fingerprint density at radius 1 is 1.19 bits per heavy atom. The molecule has 0 atom stereocenters. The second-order valence-corrected chi connectivity index (χ2v) is 8.83. The maximum Gasteiger partial charge on any atom is 0.416 e. The third kappa shape index (κ3) is 5.61. The van der Waals surface area contributed by atoms with Crippen molar-refractivity contribution in [1.82, 2.24) is 15.4 Å². The Morgan fingerprint density at radius 3 is 2.74 bits per heavy atom. The maximum atomic E-state index is 12.7. The van der Waals surface area contributed by atoms with Crippen molar-refractivity contribution in [3.8, 4) is 0 Å². The fourth-order valence-corrected chi connectivity index (χ4v) is 4.08. The number of carbonyl (C=O) groups is 2. The molecule has 162 valence electrons. The van der Waals surface area contributed by atoms with Crippen molar-refractivity contribution >= 4 is 45.7 Å². The maximum absolute atomic E-state index is 12.7. The monoisotopic (exact) mass is 469 g/mol. The Morgan fingerprint density at radius 2 is 2.00 bits per heavy atom. The quantitative estimate of drug-likeness (QED) is 0.390. The van der Waals surface area contributed by atoms with Crippen molar-refractivity contribution in [2.45, 2.75) is 29.3 Å². The van der Waals surface area contributed by atoms with Crippen LogP contribution in [-0.4, -0.2) is 32.9 Å². The summed E-state index contributed by atoms with van der Waals surface area (Å²) in [5.74, 6) is -0.0515. The van der Waals surface area contributed by atoms with Crippen LogP contribution in [0, 0.1) is 0 Å². The van der Waals surface area contributed by atoms with Gasteiger partial charge in [-0.3, -0.25) is 14.9 Å². The molecule has 31 heavy (non-hydrogen) atoms. The lowest BCUT2D eigenvalue weighted by molar-refractivity contribution is -0.137. The van der Waals surface area contributed by atoms with Crippen molar-refractivity contribution in [3.05, 3.63) is 47.3 Å². The molecular formula is C18H14F3N5O3S2. The van der Waals surface area contributed by atoms with Gasteiger partial charge in [-0.25, -0.2) is 0 Å². The third-order valence-corrected chi connectivity index (χ3v) is 6.14. The first kappa shape index (κ1) is 21.3. The second-order valence-electron chi connectivity index (χ2n) is 6.63. The number of rotatable bonds is 7. The Kier molecular flexibility index (Phi) is 5.96. The van der Waals surface area contributed by atoms with Gasteiger partial charge in [0, 0.05) is 17.7 Å². The van der Waals surface area contributed by atoms with Crippen LogP contribution in [0.25, 0.3) is 0 Å². The lowest BCUT2D eigenvalue weighted by Crippen LogP contribution is -2.15. The molecule has 8 nitrogen and oxygen atoms in total. The van der Waals surface area contributed by atoms with E-state index < -0.39 is 23.6 Å². The summed E-state index contributed by atoms with van der Waals surface area (Å²) in [7, 11) is 0. The molecule has 0 unspecified atom stereocenters. The summed E-state index contributed by atoms with van der Waals surface area (Å²) >= 11 is 2.10. The first-order valence-corrected chi connectivity index (χ1v) is 10.8. The molecule has 0 radical (unpaired) electrons. The van der Waals surface area contributed by atoms with E-state index in [2.05, 4.69) is 26.0 Å². The van der Waals surface area contributed by atoms with Gasteiger partial charge in [0.05, 0.1) is 11.3 Å². The van der Waals surface area contributed by atoms with Gasteiger partial charge < -0.3 is 9.84 Å². The van der Waals surface area contributed by atoms with Gasteiger partial charge in [-0.2, -0.15) is 13.2 Å². The molecule has 0 bridgehead atoms. The molecule has 0 aliphatic heterocycles. The van der Waals surface area contributed by atoms with E-state index in [-0.39, 0.29) is 22.3 Å². The number of nitrogens with one attached hydrogen (secondary N) is 2. The zero-order chi connectivity index (χ0) is 22.0. The van der Waals surface area contributed by atoms with Crippen LogP contribution < -0.4 is 10.6 Å². The number of hydrogen-bond donors (Lipinski definition) is 2. The van der Waals surface area contributed by atoms with Gasteiger partial charge in [-0.05, 0) is 31.0 Å². The van der Waals surface area contributed by atoms with Crippen LogP contribution in [0.5, 0.6) is 0 Å². The molecule has 3 aromatic rings. The zero-order valence-corrected chi connectivity index (χ0v) is 17.2. The van der Waals surface area contributed by atoms with Gasteiger partial charge in [0.25, 0.3) is 5.91 Å². The molecule has 1 saturated carbocycles. The van der Waals surface area contributed by atoms with Crippen LogP contribution in [0.1, 0.15) is 40.6 Å². The number of hydrogen-bond acceptors (Lipinski definition) is 8. The minimum atomic E-state index is -4.49. The predicted octanol–water partition coefficient (Wildman–Crippen LogP) is 4.41. The Balaban J connectivity index is 1.27. The van der Waals surface area contributed by atoms with Crippen LogP contribution in [-0.2, 0) is 11.0 Å². The summed E-state index contributed by atoms with van der Waals surface area (Å²) in [6, 6.07) is 5.97. The average Bonchev–Trinajstić information content (AvgIpc) is 3.27. The summed E-state index contributed by atoms with van der Waals surface area (Å²) in [5.41, 5.74) is -0.658. The SMILES string of the molecule is O=C(CSc1nnc(NC(=O)c2cc(C3CC3)on2)s1)Nc1cccc(C(F)(F)F)c1. The van der Waals surface area contributed by atoms with Crippen molar-refractivity contribution < 1.29 is 27.3 Å². The Labute approximate surface area is 181 Å². The van der Waals surface area contributed by atoms with Gasteiger partial charge in [-0.15, -0.1) is 10.2 Å². The van der Waals surface area contributed by atoms with E-state index in [1.165, 1.54) is 12.1 Å². The number of alkyl halides is 3. The number of carbonyl (C=O) groups excluding carboxylic acids is 2. The number of nitrogens with zero attached hydrogens (tertiary/aromatic N) is 3. The predicted molar refractivity (Wildman–Crippen MR) is 107 cm³/mol. The molecule has 4 rings (SSSR count). The van der Waals surface area contributed by atoms with E-state index in [1.807, 2.05) is 0 Å². The number of amides is 2. The topological polar surface area (TPSA) is 110 Å². The highest BCUT2D eigenvalue weighted by Gasteiger charge is 2.30. The molecular weight excluding hydrogens is 455 g/mol. The van der Waals surface area contributed by atoms with Gasteiger partial charge in [0.15, 0.2) is 10.0 Å². The van der Waals surface area contributed by atoms with E-state index in [0.29, 0.717) is 16.0 Å². The van der Waals surface area contributed by atoms with E-state index >= 15 is 0 Å². The highest BCUT2D eigenvalue weighted by atomic mass is 32.2. The summed E-state index contributed by atoms with van der Waals surface area (Å²) in [6.45, 7) is 0. The molecule has 0 saturated heterocycles. The minimum Gasteiger partial charge on any atom is -0.360 e. The summed E-state index contributed by atoms with van der Waals surface area (Å²) in [5, 5.41) is 16.7. The van der Waals surface area contributed by atoms with Crippen molar-refractivity contribution in [1.29, 1.82) is 0 Å². The summed E-state index contributed by atoms with van der Waals surface area (Å²) in [4.78, 5) is 24.2. The summed E-state index contributed by atoms with van der Waals surface area (Å²) in [6.07, 6.45) is -2.45. The molecule has 13 heteroatoms. The number of benzene rings is 1. The fraction of sp³-hybridized carbons (Fsp3) is 0.278. The normalized spacial score (nSPS) is 13.8. The number of anilines is 2. The van der Waals surface area contributed by atoms with Gasteiger partial charge >= 0.3 is 6.18 Å². The molecule has 2 amide bonds. The van der Waals surface area contributed by atoms with E-state index in [4.69, 9.17) is 4.52 Å². The molecule has 1 aliphatic carbocycles. The van der Waals surface area contributed by atoms with Crippen LogP contribution in [0.15, 0.2) is 39.2 Å². The van der Waals surface area contributed by atoms with Crippen molar-refractivity contribution in [3.63, 3.8) is 0 Å². The number of aromatic nitrogens is 3. The van der Waals surface area contributed by atoms with Crippen molar-refractivity contribution in [2.75, 3.05) is 16.4 Å². The van der Waals surface area contributed by atoms with Crippen LogP contribution in [0.3, 0.4) is 0 Å². The molecule has 2 heterocycles.